The van der Waals surface area contributed by atoms with E-state index in [1.54, 1.807) is 7.11 Å². The van der Waals surface area contributed by atoms with Crippen molar-refractivity contribution in [2.75, 3.05) is 19.5 Å². The van der Waals surface area contributed by atoms with E-state index in [9.17, 15) is 0 Å². The summed E-state index contributed by atoms with van der Waals surface area (Å²) in [6.07, 6.45) is 0. The molecule has 0 unspecified atom stereocenters. The van der Waals surface area contributed by atoms with Crippen molar-refractivity contribution in [3.05, 3.63) is 23.8 Å². The van der Waals surface area contributed by atoms with Gasteiger partial charge in [0.05, 0.1) is 7.11 Å². The van der Waals surface area contributed by atoms with Crippen molar-refractivity contribution in [3.63, 3.8) is 0 Å². The van der Waals surface area contributed by atoms with Crippen molar-refractivity contribution in [2.24, 2.45) is 5.73 Å². The van der Waals surface area contributed by atoms with Crippen molar-refractivity contribution in [2.45, 2.75) is 6.54 Å². The van der Waals surface area contributed by atoms with Gasteiger partial charge in [-0.25, -0.2) is 0 Å². The maximum absolute atomic E-state index is 5.58. The number of ether oxygens (including phenoxy) is 1. The van der Waals surface area contributed by atoms with Crippen molar-refractivity contribution in [1.82, 2.24) is 0 Å². The van der Waals surface area contributed by atoms with Gasteiger partial charge in [-0.3, -0.25) is 0 Å². The van der Waals surface area contributed by atoms with Gasteiger partial charge in [-0.05, 0) is 12.1 Å². The molecule has 0 aliphatic carbocycles. The van der Waals surface area contributed by atoms with Crippen molar-refractivity contribution in [3.8, 4) is 5.75 Å². The summed E-state index contributed by atoms with van der Waals surface area (Å²) in [5.41, 5.74) is 7.62. The van der Waals surface area contributed by atoms with Crippen molar-refractivity contribution < 1.29 is 4.74 Å². The van der Waals surface area contributed by atoms with E-state index < -0.39 is 0 Å². The Kier molecular flexibility index (Phi) is 2.94. The lowest BCUT2D eigenvalue weighted by Crippen LogP contribution is -2.04. The van der Waals surface area contributed by atoms with E-state index in [2.05, 4.69) is 5.32 Å². The molecule has 0 aliphatic heterocycles. The Labute approximate surface area is 72.5 Å². The van der Waals surface area contributed by atoms with Gasteiger partial charge in [0.1, 0.15) is 5.75 Å². The normalized spacial score (nSPS) is 9.58. The predicted octanol–water partition coefficient (Wildman–Crippen LogP) is 1.20. The molecule has 0 bridgehead atoms. The molecule has 0 aliphatic rings. The molecule has 3 N–H and O–H groups in total. The minimum atomic E-state index is 0.486. The first-order valence-electron chi connectivity index (χ1n) is 3.87. The fourth-order valence-corrected chi connectivity index (χ4v) is 1.20. The SMILES string of the molecule is CNc1cccc(OC)c1CN. The van der Waals surface area contributed by atoms with E-state index in [1.807, 2.05) is 25.2 Å². The number of nitrogens with one attached hydrogen (secondary N) is 1. The molecule has 66 valence electrons. The first-order chi connectivity index (χ1) is 5.83. The highest BCUT2D eigenvalue weighted by Crippen LogP contribution is 2.24. The molecule has 0 atom stereocenters. The minimum absolute atomic E-state index is 0.486. The lowest BCUT2D eigenvalue weighted by atomic mass is 10.1. The Balaban J connectivity index is 3.13. The van der Waals surface area contributed by atoms with Crippen LogP contribution in [0.3, 0.4) is 0 Å². The zero-order chi connectivity index (χ0) is 8.97. The van der Waals surface area contributed by atoms with E-state index in [0.717, 1.165) is 17.0 Å². The van der Waals surface area contributed by atoms with Crippen LogP contribution >= 0.6 is 0 Å². The zero-order valence-electron chi connectivity index (χ0n) is 7.42. The van der Waals surface area contributed by atoms with Gasteiger partial charge in [0.25, 0.3) is 0 Å². The van der Waals surface area contributed by atoms with Crippen LogP contribution in [0.15, 0.2) is 18.2 Å². The van der Waals surface area contributed by atoms with Crippen molar-refractivity contribution in [1.29, 1.82) is 0 Å². The van der Waals surface area contributed by atoms with Gasteiger partial charge >= 0.3 is 0 Å². The van der Waals surface area contributed by atoms with Crippen LogP contribution in [0.1, 0.15) is 5.56 Å². The second kappa shape index (κ2) is 3.97. The molecule has 1 aromatic rings. The summed E-state index contributed by atoms with van der Waals surface area (Å²) in [6, 6.07) is 5.82. The largest absolute Gasteiger partial charge is 0.496 e. The molecule has 0 spiro atoms. The van der Waals surface area contributed by atoms with E-state index in [0.29, 0.717) is 6.54 Å². The van der Waals surface area contributed by atoms with Gasteiger partial charge < -0.3 is 15.8 Å². The molecule has 0 amide bonds. The highest BCUT2D eigenvalue weighted by Gasteiger charge is 2.04. The van der Waals surface area contributed by atoms with Gasteiger partial charge in [0.15, 0.2) is 0 Å². The minimum Gasteiger partial charge on any atom is -0.496 e. The van der Waals surface area contributed by atoms with E-state index in [1.165, 1.54) is 0 Å². The maximum Gasteiger partial charge on any atom is 0.125 e. The lowest BCUT2D eigenvalue weighted by molar-refractivity contribution is 0.410. The number of methoxy groups -OCH3 is 1. The lowest BCUT2D eigenvalue weighted by Gasteiger charge is -2.11. The third kappa shape index (κ3) is 1.51. The van der Waals surface area contributed by atoms with Gasteiger partial charge in [-0.15, -0.1) is 0 Å². The van der Waals surface area contributed by atoms with E-state index in [4.69, 9.17) is 10.5 Å². The molecule has 0 radical (unpaired) electrons. The van der Waals surface area contributed by atoms with Crippen LogP contribution in [0.2, 0.25) is 0 Å². The summed E-state index contributed by atoms with van der Waals surface area (Å²) >= 11 is 0. The summed E-state index contributed by atoms with van der Waals surface area (Å²) in [6.45, 7) is 0.486. The molecule has 12 heavy (non-hydrogen) atoms. The third-order valence-corrected chi connectivity index (χ3v) is 1.83. The molecule has 3 nitrogen and oxygen atoms in total. The first kappa shape index (κ1) is 8.87. The van der Waals surface area contributed by atoms with Gasteiger partial charge in [-0.1, -0.05) is 6.07 Å². The quantitative estimate of drug-likeness (QED) is 0.709. The summed E-state index contributed by atoms with van der Waals surface area (Å²) in [5, 5.41) is 3.06. The molecule has 0 aromatic heterocycles. The molecule has 0 fully saturated rings. The molecule has 1 rings (SSSR count). The highest BCUT2D eigenvalue weighted by atomic mass is 16.5. The fourth-order valence-electron chi connectivity index (χ4n) is 1.20. The molecular formula is C9H14N2O. The number of rotatable bonds is 3. The zero-order valence-corrected chi connectivity index (χ0v) is 7.42. The van der Waals surface area contributed by atoms with E-state index >= 15 is 0 Å². The number of hydrogen-bond acceptors (Lipinski definition) is 3. The average molecular weight is 166 g/mol. The Hall–Kier alpha value is -1.22. The Morgan fingerprint density at radius 1 is 1.50 bits per heavy atom. The average Bonchev–Trinajstić information content (AvgIpc) is 2.16. The predicted molar refractivity (Wildman–Crippen MR) is 50.4 cm³/mol. The monoisotopic (exact) mass is 166 g/mol. The van der Waals surface area contributed by atoms with Crippen LogP contribution < -0.4 is 15.8 Å². The Bertz CT molecular complexity index is 238. The van der Waals surface area contributed by atoms with Gasteiger partial charge in [0.2, 0.25) is 0 Å². The molecular weight excluding hydrogens is 152 g/mol. The van der Waals surface area contributed by atoms with Crippen LogP contribution in [0.25, 0.3) is 0 Å². The van der Waals surface area contributed by atoms with Crippen molar-refractivity contribution >= 4 is 5.69 Å². The maximum atomic E-state index is 5.58. The summed E-state index contributed by atoms with van der Waals surface area (Å²) < 4.78 is 5.16. The topological polar surface area (TPSA) is 47.3 Å². The fraction of sp³-hybridized carbons (Fsp3) is 0.333. The van der Waals surface area contributed by atoms with Gasteiger partial charge in [-0.2, -0.15) is 0 Å². The number of nitrogens with two attached hydrogens (primary N) is 1. The number of benzene rings is 1. The Morgan fingerprint density at radius 3 is 2.75 bits per heavy atom. The molecule has 0 heterocycles. The summed E-state index contributed by atoms with van der Waals surface area (Å²) in [7, 11) is 3.52. The standard InChI is InChI=1S/C9H14N2O/c1-11-8-4-3-5-9(12-2)7(8)6-10/h3-5,11H,6,10H2,1-2H3. The molecule has 3 heteroatoms. The Morgan fingerprint density at radius 2 is 2.25 bits per heavy atom. The second-order valence-corrected chi connectivity index (χ2v) is 2.44. The summed E-state index contributed by atoms with van der Waals surface area (Å²) in [4.78, 5) is 0. The number of hydrogen-bond donors (Lipinski definition) is 2. The highest BCUT2D eigenvalue weighted by molar-refractivity contribution is 5.57. The van der Waals surface area contributed by atoms with Crippen LogP contribution in [0.5, 0.6) is 5.75 Å². The first-order valence-corrected chi connectivity index (χ1v) is 3.87. The number of anilines is 1. The van der Waals surface area contributed by atoms with Crippen LogP contribution in [0.4, 0.5) is 5.69 Å². The van der Waals surface area contributed by atoms with Crippen LogP contribution in [-0.4, -0.2) is 14.2 Å². The molecule has 0 saturated heterocycles. The van der Waals surface area contributed by atoms with Crippen LogP contribution in [-0.2, 0) is 6.54 Å². The summed E-state index contributed by atoms with van der Waals surface area (Å²) in [5.74, 6) is 0.837. The molecule has 0 saturated carbocycles. The molecule has 1 aromatic carbocycles. The second-order valence-electron chi connectivity index (χ2n) is 2.44. The van der Waals surface area contributed by atoms with Crippen LogP contribution in [0, 0.1) is 0 Å². The van der Waals surface area contributed by atoms with E-state index in [-0.39, 0.29) is 0 Å². The third-order valence-electron chi connectivity index (χ3n) is 1.83. The van der Waals surface area contributed by atoms with Gasteiger partial charge in [0, 0.05) is 24.8 Å². The smallest absolute Gasteiger partial charge is 0.125 e.